The summed E-state index contributed by atoms with van der Waals surface area (Å²) in [4.78, 5) is 11.8. The van der Waals surface area contributed by atoms with Crippen LogP contribution in [0.5, 0.6) is 0 Å². The zero-order chi connectivity index (χ0) is 10.1. The van der Waals surface area contributed by atoms with Gasteiger partial charge in [0.2, 0.25) is 5.91 Å². The van der Waals surface area contributed by atoms with Gasteiger partial charge in [-0.05, 0) is 38.0 Å². The molecule has 2 saturated carbocycles. The van der Waals surface area contributed by atoms with Gasteiger partial charge in [0.25, 0.3) is 0 Å². The fourth-order valence-electron chi connectivity index (χ4n) is 2.95. The van der Waals surface area contributed by atoms with Crippen molar-refractivity contribution >= 4 is 17.5 Å². The van der Waals surface area contributed by atoms with Gasteiger partial charge in [-0.25, -0.2) is 0 Å². The van der Waals surface area contributed by atoms with E-state index in [0.29, 0.717) is 17.7 Å². The molecule has 0 spiro atoms. The van der Waals surface area contributed by atoms with Crippen LogP contribution in [0.1, 0.15) is 32.6 Å². The highest BCUT2D eigenvalue weighted by Gasteiger charge is 2.43. The van der Waals surface area contributed by atoms with E-state index in [9.17, 15) is 4.79 Å². The van der Waals surface area contributed by atoms with Crippen LogP contribution in [0.2, 0.25) is 0 Å². The van der Waals surface area contributed by atoms with Gasteiger partial charge in [-0.15, -0.1) is 11.6 Å². The summed E-state index contributed by atoms with van der Waals surface area (Å²) in [6.45, 7) is 1.96. The molecule has 0 saturated heterocycles. The van der Waals surface area contributed by atoms with Gasteiger partial charge < -0.3 is 5.32 Å². The van der Waals surface area contributed by atoms with Gasteiger partial charge in [0.1, 0.15) is 0 Å². The number of halogens is 1. The fourth-order valence-corrected chi connectivity index (χ4v) is 3.03. The van der Waals surface area contributed by atoms with E-state index < -0.39 is 0 Å². The molecule has 0 aliphatic heterocycles. The summed E-state index contributed by atoms with van der Waals surface area (Å²) in [6.07, 6.45) is 5.01. The Balaban J connectivity index is 1.87. The van der Waals surface area contributed by atoms with Crippen LogP contribution in [0.3, 0.4) is 0 Å². The number of amides is 1. The molecule has 2 rings (SSSR count). The van der Waals surface area contributed by atoms with Gasteiger partial charge in [0, 0.05) is 17.8 Å². The molecule has 2 aliphatic carbocycles. The second-order valence-corrected chi connectivity index (χ2v) is 5.15. The van der Waals surface area contributed by atoms with E-state index in [1.165, 1.54) is 19.3 Å². The molecule has 4 unspecified atom stereocenters. The third-order valence-corrected chi connectivity index (χ3v) is 4.16. The molecule has 2 bridgehead atoms. The Hall–Kier alpha value is -0.240. The van der Waals surface area contributed by atoms with Crippen molar-refractivity contribution in [2.24, 2.45) is 17.8 Å². The largest absolute Gasteiger partial charge is 0.352 e. The minimum absolute atomic E-state index is 0.114. The van der Waals surface area contributed by atoms with Crippen molar-refractivity contribution in [1.82, 2.24) is 5.32 Å². The maximum absolute atomic E-state index is 11.8. The highest BCUT2D eigenvalue weighted by molar-refractivity contribution is 6.18. The Morgan fingerprint density at radius 1 is 1.50 bits per heavy atom. The molecular weight excluding hydrogens is 198 g/mol. The lowest BCUT2D eigenvalue weighted by Gasteiger charge is -2.22. The number of carbonyl (C=O) groups excluding carboxylic acids is 1. The van der Waals surface area contributed by atoms with Crippen LogP contribution in [0, 0.1) is 17.8 Å². The molecule has 2 fully saturated rings. The maximum Gasteiger partial charge on any atom is 0.223 e. The van der Waals surface area contributed by atoms with Crippen molar-refractivity contribution in [2.45, 2.75) is 38.6 Å². The molecule has 14 heavy (non-hydrogen) atoms. The van der Waals surface area contributed by atoms with Crippen LogP contribution in [-0.4, -0.2) is 17.8 Å². The standard InChI is InChI=1S/C11H18ClNO/c1-7(6-12)13-11(14)10-5-8-2-3-9(10)4-8/h7-10H,2-6H2,1H3,(H,13,14). The normalized spacial score (nSPS) is 37.1. The number of fused-ring (bicyclic) bond motifs is 2. The van der Waals surface area contributed by atoms with Crippen molar-refractivity contribution in [2.75, 3.05) is 5.88 Å². The topological polar surface area (TPSA) is 29.1 Å². The molecule has 1 N–H and O–H groups in total. The van der Waals surface area contributed by atoms with E-state index in [-0.39, 0.29) is 11.9 Å². The maximum atomic E-state index is 11.8. The van der Waals surface area contributed by atoms with Crippen molar-refractivity contribution in [1.29, 1.82) is 0 Å². The summed E-state index contributed by atoms with van der Waals surface area (Å²) in [6, 6.07) is 0.114. The van der Waals surface area contributed by atoms with Crippen LogP contribution in [0.25, 0.3) is 0 Å². The van der Waals surface area contributed by atoms with Crippen molar-refractivity contribution < 1.29 is 4.79 Å². The molecule has 0 radical (unpaired) electrons. The first kappa shape index (κ1) is 10.3. The minimum Gasteiger partial charge on any atom is -0.352 e. The van der Waals surface area contributed by atoms with E-state index in [1.54, 1.807) is 0 Å². The predicted molar refractivity (Wildman–Crippen MR) is 57.3 cm³/mol. The van der Waals surface area contributed by atoms with Gasteiger partial charge in [-0.2, -0.15) is 0 Å². The SMILES string of the molecule is CC(CCl)NC(=O)C1CC2CCC1C2. The Kier molecular flexibility index (Phi) is 3.01. The first-order valence-corrected chi connectivity index (χ1v) is 6.10. The monoisotopic (exact) mass is 215 g/mol. The molecule has 0 aromatic rings. The lowest BCUT2D eigenvalue weighted by atomic mass is 9.88. The molecule has 0 heterocycles. The van der Waals surface area contributed by atoms with E-state index in [4.69, 9.17) is 11.6 Å². The van der Waals surface area contributed by atoms with Gasteiger partial charge in [-0.1, -0.05) is 6.42 Å². The smallest absolute Gasteiger partial charge is 0.223 e. The minimum atomic E-state index is 0.114. The number of alkyl halides is 1. The molecule has 80 valence electrons. The second kappa shape index (κ2) is 4.09. The third-order valence-electron chi connectivity index (χ3n) is 3.69. The van der Waals surface area contributed by atoms with Gasteiger partial charge in [0.15, 0.2) is 0 Å². The van der Waals surface area contributed by atoms with Crippen LogP contribution in [0.15, 0.2) is 0 Å². The average Bonchev–Trinajstić information content (AvgIpc) is 2.78. The number of nitrogens with one attached hydrogen (secondary N) is 1. The van der Waals surface area contributed by atoms with Crippen LogP contribution >= 0.6 is 11.6 Å². The average molecular weight is 216 g/mol. The van der Waals surface area contributed by atoms with Crippen molar-refractivity contribution in [3.63, 3.8) is 0 Å². The number of hydrogen-bond acceptors (Lipinski definition) is 1. The lowest BCUT2D eigenvalue weighted by molar-refractivity contribution is -0.127. The summed E-state index contributed by atoms with van der Waals surface area (Å²) in [5.74, 6) is 2.54. The van der Waals surface area contributed by atoms with Gasteiger partial charge in [0.05, 0.1) is 0 Å². The Bertz CT molecular complexity index is 231. The zero-order valence-corrected chi connectivity index (χ0v) is 9.39. The van der Waals surface area contributed by atoms with E-state index >= 15 is 0 Å². The number of hydrogen-bond donors (Lipinski definition) is 1. The number of rotatable bonds is 3. The lowest BCUT2D eigenvalue weighted by Crippen LogP contribution is -2.39. The molecule has 0 aromatic heterocycles. The molecule has 2 nitrogen and oxygen atoms in total. The van der Waals surface area contributed by atoms with E-state index in [2.05, 4.69) is 5.32 Å². The molecule has 4 atom stereocenters. The van der Waals surface area contributed by atoms with E-state index in [0.717, 1.165) is 12.3 Å². The van der Waals surface area contributed by atoms with Crippen molar-refractivity contribution in [3.8, 4) is 0 Å². The highest BCUT2D eigenvalue weighted by atomic mass is 35.5. The quantitative estimate of drug-likeness (QED) is 0.719. The van der Waals surface area contributed by atoms with E-state index in [1.807, 2.05) is 6.92 Å². The zero-order valence-electron chi connectivity index (χ0n) is 8.63. The van der Waals surface area contributed by atoms with Gasteiger partial charge in [-0.3, -0.25) is 4.79 Å². The fraction of sp³-hybridized carbons (Fsp3) is 0.909. The summed E-state index contributed by atoms with van der Waals surface area (Å²) < 4.78 is 0. The molecule has 2 aliphatic rings. The number of carbonyl (C=O) groups is 1. The van der Waals surface area contributed by atoms with Crippen LogP contribution in [-0.2, 0) is 4.79 Å². The molecule has 1 amide bonds. The predicted octanol–water partition coefficient (Wildman–Crippen LogP) is 2.17. The van der Waals surface area contributed by atoms with Crippen molar-refractivity contribution in [3.05, 3.63) is 0 Å². The highest BCUT2D eigenvalue weighted by Crippen LogP contribution is 2.48. The molecule has 3 heteroatoms. The Morgan fingerprint density at radius 2 is 2.29 bits per heavy atom. The van der Waals surface area contributed by atoms with Crippen LogP contribution in [0.4, 0.5) is 0 Å². The summed E-state index contributed by atoms with van der Waals surface area (Å²) in [5.41, 5.74) is 0. The van der Waals surface area contributed by atoms with Crippen LogP contribution < -0.4 is 5.32 Å². The Morgan fingerprint density at radius 3 is 2.79 bits per heavy atom. The first-order chi connectivity index (χ1) is 6.70. The second-order valence-electron chi connectivity index (χ2n) is 4.85. The molecule has 0 aromatic carbocycles. The first-order valence-electron chi connectivity index (χ1n) is 5.57. The Labute approximate surface area is 90.4 Å². The third kappa shape index (κ3) is 1.90. The summed E-state index contributed by atoms with van der Waals surface area (Å²) in [5, 5.41) is 2.99. The summed E-state index contributed by atoms with van der Waals surface area (Å²) >= 11 is 5.67. The van der Waals surface area contributed by atoms with Gasteiger partial charge >= 0.3 is 0 Å². The summed E-state index contributed by atoms with van der Waals surface area (Å²) in [7, 11) is 0. The molecular formula is C11H18ClNO.